The van der Waals surface area contributed by atoms with Crippen molar-refractivity contribution in [1.82, 2.24) is 4.98 Å². The van der Waals surface area contributed by atoms with Gasteiger partial charge in [0.15, 0.2) is 6.79 Å². The molecular weight excluding hydrogens is 194 g/mol. The zero-order valence-electron chi connectivity index (χ0n) is 8.56. The van der Waals surface area contributed by atoms with E-state index in [2.05, 4.69) is 16.8 Å². The highest BCUT2D eigenvalue weighted by molar-refractivity contribution is 5.36. The zero-order chi connectivity index (χ0) is 10.9. The molecule has 0 saturated heterocycles. The molecule has 0 spiro atoms. The van der Waals surface area contributed by atoms with Gasteiger partial charge in [0.05, 0.1) is 6.20 Å². The number of rotatable bonds is 4. The Morgan fingerprint density at radius 1 is 1.47 bits per heavy atom. The first-order valence-electron chi connectivity index (χ1n) is 4.62. The molecule has 0 amide bonds. The zero-order valence-corrected chi connectivity index (χ0v) is 8.56. The van der Waals surface area contributed by atoms with Crippen molar-refractivity contribution in [3.05, 3.63) is 24.0 Å². The quantitative estimate of drug-likeness (QED) is 0.450. The normalized spacial score (nSPS) is 9.20. The van der Waals surface area contributed by atoms with Gasteiger partial charge < -0.3 is 14.6 Å². The molecule has 0 fully saturated rings. The van der Waals surface area contributed by atoms with Crippen LogP contribution in [-0.4, -0.2) is 30.1 Å². The fraction of sp³-hybridized carbons (Fsp3) is 0.364. The molecule has 0 bridgehead atoms. The minimum absolute atomic E-state index is 0.163. The summed E-state index contributed by atoms with van der Waals surface area (Å²) in [5.41, 5.74) is 0.707. The average Bonchev–Trinajstić information content (AvgIpc) is 2.27. The second kappa shape index (κ2) is 6.82. The van der Waals surface area contributed by atoms with Crippen LogP contribution < -0.4 is 4.74 Å². The summed E-state index contributed by atoms with van der Waals surface area (Å²) < 4.78 is 10.3. The SMILES string of the molecule is CCOCOc1cncc(C#CCO)c1. The molecule has 1 aromatic rings. The number of aliphatic hydroxyl groups is 1. The maximum Gasteiger partial charge on any atom is 0.189 e. The number of pyridine rings is 1. The Morgan fingerprint density at radius 2 is 2.33 bits per heavy atom. The molecule has 4 nitrogen and oxygen atoms in total. The van der Waals surface area contributed by atoms with Gasteiger partial charge in [-0.2, -0.15) is 0 Å². The third kappa shape index (κ3) is 4.45. The van der Waals surface area contributed by atoms with Crippen LogP contribution in [0.25, 0.3) is 0 Å². The number of hydrogen-bond donors (Lipinski definition) is 1. The van der Waals surface area contributed by atoms with Gasteiger partial charge in [-0.25, -0.2) is 0 Å². The van der Waals surface area contributed by atoms with Crippen molar-refractivity contribution in [2.45, 2.75) is 6.92 Å². The maximum absolute atomic E-state index is 8.52. The van der Waals surface area contributed by atoms with Crippen molar-refractivity contribution in [3.8, 4) is 17.6 Å². The first kappa shape index (κ1) is 11.5. The molecule has 1 rings (SSSR count). The van der Waals surface area contributed by atoms with E-state index in [0.717, 1.165) is 0 Å². The number of hydrogen-bond acceptors (Lipinski definition) is 4. The molecule has 4 heteroatoms. The van der Waals surface area contributed by atoms with E-state index in [-0.39, 0.29) is 13.4 Å². The van der Waals surface area contributed by atoms with Gasteiger partial charge in [0.25, 0.3) is 0 Å². The van der Waals surface area contributed by atoms with Crippen molar-refractivity contribution < 1.29 is 14.6 Å². The van der Waals surface area contributed by atoms with Crippen molar-refractivity contribution in [1.29, 1.82) is 0 Å². The topological polar surface area (TPSA) is 51.6 Å². The minimum Gasteiger partial charge on any atom is -0.466 e. The van der Waals surface area contributed by atoms with Gasteiger partial charge in [-0.1, -0.05) is 11.8 Å². The second-order valence-corrected chi connectivity index (χ2v) is 2.62. The summed E-state index contributed by atoms with van der Waals surface area (Å²) >= 11 is 0. The summed E-state index contributed by atoms with van der Waals surface area (Å²) in [6.45, 7) is 2.54. The molecule has 0 aliphatic carbocycles. The van der Waals surface area contributed by atoms with E-state index in [1.807, 2.05) is 6.92 Å². The molecule has 0 unspecified atom stereocenters. The van der Waals surface area contributed by atoms with Crippen LogP contribution in [0, 0.1) is 11.8 Å². The third-order valence-electron chi connectivity index (χ3n) is 1.54. The molecule has 1 aromatic heterocycles. The summed E-state index contributed by atoms with van der Waals surface area (Å²) in [6, 6.07) is 1.74. The second-order valence-electron chi connectivity index (χ2n) is 2.62. The van der Waals surface area contributed by atoms with Gasteiger partial charge >= 0.3 is 0 Å². The average molecular weight is 207 g/mol. The van der Waals surface area contributed by atoms with Gasteiger partial charge in [-0.15, -0.1) is 0 Å². The first-order valence-corrected chi connectivity index (χ1v) is 4.62. The van der Waals surface area contributed by atoms with Crippen LogP contribution in [0.1, 0.15) is 12.5 Å². The highest BCUT2D eigenvalue weighted by Gasteiger charge is 1.95. The maximum atomic E-state index is 8.52. The Labute approximate surface area is 88.9 Å². The Bertz CT molecular complexity index is 354. The van der Waals surface area contributed by atoms with Gasteiger partial charge in [0.1, 0.15) is 12.4 Å². The molecule has 1 heterocycles. The summed E-state index contributed by atoms with van der Waals surface area (Å²) in [5.74, 6) is 5.88. The lowest BCUT2D eigenvalue weighted by molar-refractivity contribution is 0.0222. The van der Waals surface area contributed by atoms with Crippen LogP contribution in [0.4, 0.5) is 0 Å². The number of aromatic nitrogens is 1. The largest absolute Gasteiger partial charge is 0.466 e. The highest BCUT2D eigenvalue weighted by Crippen LogP contribution is 2.10. The van der Waals surface area contributed by atoms with Crippen LogP contribution in [-0.2, 0) is 4.74 Å². The number of aliphatic hydroxyl groups excluding tert-OH is 1. The Hall–Kier alpha value is -1.57. The van der Waals surface area contributed by atoms with Gasteiger partial charge in [0, 0.05) is 18.4 Å². The van der Waals surface area contributed by atoms with E-state index in [4.69, 9.17) is 14.6 Å². The van der Waals surface area contributed by atoms with E-state index < -0.39 is 0 Å². The fourth-order valence-electron chi connectivity index (χ4n) is 0.901. The summed E-state index contributed by atoms with van der Waals surface area (Å²) in [6.07, 6.45) is 3.19. The summed E-state index contributed by atoms with van der Waals surface area (Å²) in [7, 11) is 0. The van der Waals surface area contributed by atoms with Crippen LogP contribution in [0.2, 0.25) is 0 Å². The standard InChI is InChI=1S/C11H13NO3/c1-2-14-9-15-11-6-10(4-3-5-13)7-12-8-11/h6-8,13H,2,5,9H2,1H3. The van der Waals surface area contributed by atoms with Crippen molar-refractivity contribution in [2.24, 2.45) is 0 Å². The van der Waals surface area contributed by atoms with Crippen LogP contribution in [0.3, 0.4) is 0 Å². The van der Waals surface area contributed by atoms with E-state index in [0.29, 0.717) is 17.9 Å². The van der Waals surface area contributed by atoms with Crippen LogP contribution in [0.5, 0.6) is 5.75 Å². The van der Waals surface area contributed by atoms with E-state index >= 15 is 0 Å². The van der Waals surface area contributed by atoms with E-state index in [9.17, 15) is 0 Å². The monoisotopic (exact) mass is 207 g/mol. The molecule has 0 radical (unpaired) electrons. The Balaban J connectivity index is 2.57. The molecule has 80 valence electrons. The first-order chi connectivity index (χ1) is 7.36. The van der Waals surface area contributed by atoms with Gasteiger partial charge in [-0.05, 0) is 13.0 Å². The molecule has 15 heavy (non-hydrogen) atoms. The lowest BCUT2D eigenvalue weighted by Crippen LogP contribution is -2.02. The molecular formula is C11H13NO3. The van der Waals surface area contributed by atoms with Gasteiger partial charge in [-0.3, -0.25) is 4.98 Å². The van der Waals surface area contributed by atoms with Crippen molar-refractivity contribution in [3.63, 3.8) is 0 Å². The van der Waals surface area contributed by atoms with E-state index in [1.54, 1.807) is 18.5 Å². The molecule has 1 N–H and O–H groups in total. The number of ether oxygens (including phenoxy) is 2. The smallest absolute Gasteiger partial charge is 0.189 e. The third-order valence-corrected chi connectivity index (χ3v) is 1.54. The molecule has 0 aliphatic rings. The predicted molar refractivity (Wildman–Crippen MR) is 55.3 cm³/mol. The fourth-order valence-corrected chi connectivity index (χ4v) is 0.901. The van der Waals surface area contributed by atoms with Crippen LogP contribution >= 0.6 is 0 Å². The van der Waals surface area contributed by atoms with E-state index in [1.165, 1.54) is 0 Å². The molecule has 0 aromatic carbocycles. The lowest BCUT2D eigenvalue weighted by Gasteiger charge is -2.04. The Morgan fingerprint density at radius 3 is 3.07 bits per heavy atom. The van der Waals surface area contributed by atoms with Crippen molar-refractivity contribution in [2.75, 3.05) is 20.0 Å². The minimum atomic E-state index is -0.163. The summed E-state index contributed by atoms with van der Waals surface area (Å²) in [5, 5.41) is 8.52. The highest BCUT2D eigenvalue weighted by atomic mass is 16.7. The van der Waals surface area contributed by atoms with Crippen LogP contribution in [0.15, 0.2) is 18.5 Å². The number of nitrogens with zero attached hydrogens (tertiary/aromatic N) is 1. The van der Waals surface area contributed by atoms with Crippen molar-refractivity contribution >= 4 is 0 Å². The molecule has 0 atom stereocenters. The Kier molecular flexibility index (Phi) is 5.23. The molecule has 0 aliphatic heterocycles. The predicted octanol–water partition coefficient (Wildman–Crippen LogP) is 0.798. The lowest BCUT2D eigenvalue weighted by atomic mass is 10.3. The molecule has 0 saturated carbocycles. The summed E-state index contributed by atoms with van der Waals surface area (Å²) in [4.78, 5) is 3.95. The van der Waals surface area contributed by atoms with Gasteiger partial charge in [0.2, 0.25) is 0 Å².